The molecule has 80 valence electrons. The molecule has 3 unspecified atom stereocenters. The topological polar surface area (TPSA) is 12.0 Å². The van der Waals surface area contributed by atoms with Gasteiger partial charge in [0.05, 0.1) is 0 Å². The minimum atomic E-state index is 0.584. The molecule has 0 aromatic carbocycles. The molecule has 0 saturated heterocycles. The lowest BCUT2D eigenvalue weighted by molar-refractivity contribution is 0.365. The average Bonchev–Trinajstić information content (AvgIpc) is 2.19. The third-order valence-corrected chi connectivity index (χ3v) is 3.12. The molecule has 0 radical (unpaired) electrons. The molecule has 0 saturated carbocycles. The monoisotopic (exact) mass is 193 g/mol. The summed E-state index contributed by atoms with van der Waals surface area (Å²) in [6, 6.07) is 1.19. The lowest BCUT2D eigenvalue weighted by Gasteiger charge is -2.26. The SMILES string of the molecule is C=CCC(C)C(C)NC1C=CCCC1. The Morgan fingerprint density at radius 2 is 2.36 bits per heavy atom. The lowest BCUT2D eigenvalue weighted by Crippen LogP contribution is -2.39. The first-order valence-electron chi connectivity index (χ1n) is 5.77. The Balaban J connectivity index is 2.31. The summed E-state index contributed by atoms with van der Waals surface area (Å²) in [5.74, 6) is 0.683. The van der Waals surface area contributed by atoms with Crippen molar-refractivity contribution >= 4 is 0 Å². The molecule has 3 atom stereocenters. The largest absolute Gasteiger partial charge is 0.308 e. The fourth-order valence-electron chi connectivity index (χ4n) is 1.92. The molecule has 0 fully saturated rings. The van der Waals surface area contributed by atoms with Gasteiger partial charge in [-0.25, -0.2) is 0 Å². The van der Waals surface area contributed by atoms with Crippen molar-refractivity contribution in [2.75, 3.05) is 0 Å². The highest BCUT2D eigenvalue weighted by Crippen LogP contribution is 2.14. The van der Waals surface area contributed by atoms with Gasteiger partial charge in [0.15, 0.2) is 0 Å². The molecule has 0 aliphatic heterocycles. The van der Waals surface area contributed by atoms with E-state index in [9.17, 15) is 0 Å². The van der Waals surface area contributed by atoms with Crippen LogP contribution in [-0.4, -0.2) is 12.1 Å². The van der Waals surface area contributed by atoms with Crippen molar-refractivity contribution in [2.24, 2.45) is 5.92 Å². The first-order chi connectivity index (χ1) is 6.74. The molecule has 1 heteroatoms. The predicted octanol–water partition coefficient (Wildman–Crippen LogP) is 3.29. The van der Waals surface area contributed by atoms with Gasteiger partial charge in [-0.05, 0) is 38.5 Å². The van der Waals surface area contributed by atoms with Crippen molar-refractivity contribution in [2.45, 2.75) is 51.6 Å². The van der Waals surface area contributed by atoms with Crippen molar-refractivity contribution < 1.29 is 0 Å². The van der Waals surface area contributed by atoms with Crippen LogP contribution < -0.4 is 5.32 Å². The second-order valence-corrected chi connectivity index (χ2v) is 4.42. The van der Waals surface area contributed by atoms with Gasteiger partial charge in [-0.15, -0.1) is 6.58 Å². The van der Waals surface area contributed by atoms with Gasteiger partial charge >= 0.3 is 0 Å². The van der Waals surface area contributed by atoms with Crippen molar-refractivity contribution in [3.63, 3.8) is 0 Å². The summed E-state index contributed by atoms with van der Waals surface area (Å²) in [5.41, 5.74) is 0. The highest BCUT2D eigenvalue weighted by atomic mass is 14.9. The van der Waals surface area contributed by atoms with Gasteiger partial charge in [0.2, 0.25) is 0 Å². The van der Waals surface area contributed by atoms with Gasteiger partial charge in [-0.1, -0.05) is 25.2 Å². The van der Waals surface area contributed by atoms with E-state index < -0.39 is 0 Å². The third-order valence-electron chi connectivity index (χ3n) is 3.12. The van der Waals surface area contributed by atoms with Gasteiger partial charge in [0, 0.05) is 12.1 Å². The lowest BCUT2D eigenvalue weighted by atomic mass is 9.96. The molecule has 0 aromatic heterocycles. The first-order valence-corrected chi connectivity index (χ1v) is 5.77. The average molecular weight is 193 g/mol. The molecule has 1 nitrogen and oxygen atoms in total. The maximum absolute atomic E-state index is 3.79. The second-order valence-electron chi connectivity index (χ2n) is 4.42. The fraction of sp³-hybridized carbons (Fsp3) is 0.692. The Morgan fingerprint density at radius 3 is 2.93 bits per heavy atom. The van der Waals surface area contributed by atoms with Crippen LogP contribution in [0.4, 0.5) is 0 Å². The van der Waals surface area contributed by atoms with Crippen LogP contribution >= 0.6 is 0 Å². The smallest absolute Gasteiger partial charge is 0.0252 e. The summed E-state index contributed by atoms with van der Waals surface area (Å²) in [5, 5.41) is 3.67. The molecule has 1 aliphatic carbocycles. The number of rotatable bonds is 5. The molecular weight excluding hydrogens is 170 g/mol. The van der Waals surface area contributed by atoms with Crippen LogP contribution in [0.5, 0.6) is 0 Å². The molecule has 0 aromatic rings. The number of hydrogen-bond acceptors (Lipinski definition) is 1. The molecular formula is C13H23N. The zero-order valence-electron chi connectivity index (χ0n) is 9.50. The van der Waals surface area contributed by atoms with Gasteiger partial charge in [0.25, 0.3) is 0 Å². The molecule has 0 bridgehead atoms. The Morgan fingerprint density at radius 1 is 1.57 bits per heavy atom. The van der Waals surface area contributed by atoms with E-state index in [4.69, 9.17) is 0 Å². The van der Waals surface area contributed by atoms with E-state index in [1.165, 1.54) is 19.3 Å². The summed E-state index contributed by atoms with van der Waals surface area (Å²) >= 11 is 0. The Hall–Kier alpha value is -0.560. The van der Waals surface area contributed by atoms with E-state index >= 15 is 0 Å². The van der Waals surface area contributed by atoms with Crippen molar-refractivity contribution in [3.05, 3.63) is 24.8 Å². The fourth-order valence-corrected chi connectivity index (χ4v) is 1.92. The van der Waals surface area contributed by atoms with Gasteiger partial charge in [-0.2, -0.15) is 0 Å². The van der Waals surface area contributed by atoms with E-state index in [2.05, 4.69) is 37.9 Å². The standard InChI is InChI=1S/C13H23N/c1-4-8-11(2)12(3)14-13-9-6-5-7-10-13/h4,6,9,11-14H,1,5,7-8,10H2,2-3H3. The molecule has 1 aliphatic rings. The maximum atomic E-state index is 3.79. The van der Waals surface area contributed by atoms with Gasteiger partial charge in [-0.3, -0.25) is 0 Å². The minimum Gasteiger partial charge on any atom is -0.308 e. The highest BCUT2D eigenvalue weighted by Gasteiger charge is 2.15. The zero-order valence-corrected chi connectivity index (χ0v) is 9.50. The van der Waals surface area contributed by atoms with E-state index in [-0.39, 0.29) is 0 Å². The Labute approximate surface area is 88.3 Å². The first kappa shape index (κ1) is 11.5. The third kappa shape index (κ3) is 3.67. The van der Waals surface area contributed by atoms with Gasteiger partial charge < -0.3 is 5.32 Å². The summed E-state index contributed by atoms with van der Waals surface area (Å²) in [6.45, 7) is 8.35. The minimum absolute atomic E-state index is 0.584. The summed E-state index contributed by atoms with van der Waals surface area (Å²) in [4.78, 5) is 0. The molecule has 14 heavy (non-hydrogen) atoms. The summed E-state index contributed by atoms with van der Waals surface area (Å²) in [7, 11) is 0. The Bertz CT molecular complexity index is 195. The van der Waals surface area contributed by atoms with E-state index in [0.29, 0.717) is 18.0 Å². The normalized spacial score (nSPS) is 25.7. The van der Waals surface area contributed by atoms with E-state index in [1.54, 1.807) is 0 Å². The zero-order chi connectivity index (χ0) is 10.4. The van der Waals surface area contributed by atoms with Crippen LogP contribution in [-0.2, 0) is 0 Å². The van der Waals surface area contributed by atoms with E-state index in [0.717, 1.165) is 6.42 Å². The second kappa shape index (κ2) is 6.02. The van der Waals surface area contributed by atoms with Crippen molar-refractivity contribution in [3.8, 4) is 0 Å². The Kier molecular flexibility index (Phi) is 4.95. The maximum Gasteiger partial charge on any atom is 0.0252 e. The van der Waals surface area contributed by atoms with E-state index in [1.807, 2.05) is 6.08 Å². The molecule has 0 heterocycles. The predicted molar refractivity (Wildman–Crippen MR) is 63.4 cm³/mol. The quantitative estimate of drug-likeness (QED) is 0.661. The van der Waals surface area contributed by atoms with Crippen molar-refractivity contribution in [1.29, 1.82) is 0 Å². The molecule has 1 rings (SSSR count). The van der Waals surface area contributed by atoms with Crippen LogP contribution in [0.15, 0.2) is 24.8 Å². The number of hydrogen-bond donors (Lipinski definition) is 1. The van der Waals surface area contributed by atoms with Crippen LogP contribution in [0.3, 0.4) is 0 Å². The number of allylic oxidation sites excluding steroid dienone is 2. The molecule has 0 spiro atoms. The summed E-state index contributed by atoms with van der Waals surface area (Å²) < 4.78 is 0. The summed E-state index contributed by atoms with van der Waals surface area (Å²) in [6.07, 6.45) is 11.6. The van der Waals surface area contributed by atoms with Crippen LogP contribution in [0.25, 0.3) is 0 Å². The number of nitrogens with one attached hydrogen (secondary N) is 1. The van der Waals surface area contributed by atoms with Crippen molar-refractivity contribution in [1.82, 2.24) is 5.32 Å². The highest BCUT2D eigenvalue weighted by molar-refractivity contribution is 4.98. The van der Waals surface area contributed by atoms with Crippen LogP contribution in [0.1, 0.15) is 39.5 Å². The van der Waals surface area contributed by atoms with Gasteiger partial charge in [0.1, 0.15) is 0 Å². The van der Waals surface area contributed by atoms with Crippen LogP contribution in [0.2, 0.25) is 0 Å². The molecule has 1 N–H and O–H groups in total. The van der Waals surface area contributed by atoms with Crippen LogP contribution in [0, 0.1) is 5.92 Å². The molecule has 0 amide bonds.